The molecule has 5 heteroatoms. The Labute approximate surface area is 287 Å². The van der Waals surface area contributed by atoms with Crippen LogP contribution in [0.4, 0.5) is 17.1 Å². The van der Waals surface area contributed by atoms with E-state index in [-0.39, 0.29) is 0 Å². The fourth-order valence-electron chi connectivity index (χ4n) is 6.74. The highest BCUT2D eigenvalue weighted by Gasteiger charge is 2.41. The first kappa shape index (κ1) is 30.1. The zero-order chi connectivity index (χ0) is 32.9. The van der Waals surface area contributed by atoms with Crippen LogP contribution < -0.4 is 25.6 Å². The molecule has 0 amide bonds. The third-order valence-corrected chi connectivity index (χ3v) is 13.8. The maximum Gasteiger partial charge on any atom is 0.248 e. The molecule has 0 unspecified atom stereocenters. The average Bonchev–Trinajstić information content (AvgIpc) is 3.69. The number of para-hydroxylation sites is 2. The molecule has 8 rings (SSSR count). The number of hydrogen-bond donors (Lipinski definition) is 0. The average molecular weight is 648 g/mol. The molecular weight excluding hydrogens is 615 g/mol. The van der Waals surface area contributed by atoms with E-state index in [2.05, 4.69) is 191 Å². The molecule has 0 atom stereocenters. The van der Waals surface area contributed by atoms with E-state index < -0.39 is 8.07 Å². The van der Waals surface area contributed by atoms with Crippen molar-refractivity contribution in [3.63, 3.8) is 0 Å². The largest absolute Gasteiger partial charge is 0.416 e. The SMILES string of the molecule is c1ccc(N(c2ccccc2)c2ccc(-c3nnc(-c4ccc([Si](c5ccccc5)(c5ccccc5)c5ccccc5)cc4)o3)cc2)cc1. The number of benzene rings is 7. The van der Waals surface area contributed by atoms with Crippen LogP contribution in [0.1, 0.15) is 0 Å². The molecule has 0 saturated carbocycles. The number of aromatic nitrogens is 2. The first-order valence-electron chi connectivity index (χ1n) is 16.4. The minimum Gasteiger partial charge on any atom is -0.416 e. The van der Waals surface area contributed by atoms with Gasteiger partial charge in [0.2, 0.25) is 11.8 Å². The predicted molar refractivity (Wildman–Crippen MR) is 203 cm³/mol. The lowest BCUT2D eigenvalue weighted by atomic mass is 10.1. The van der Waals surface area contributed by atoms with Gasteiger partial charge in [-0.2, -0.15) is 0 Å². The normalized spacial score (nSPS) is 11.3. The molecule has 1 heterocycles. The van der Waals surface area contributed by atoms with Gasteiger partial charge in [0.15, 0.2) is 8.07 Å². The highest BCUT2D eigenvalue weighted by molar-refractivity contribution is 7.19. The van der Waals surface area contributed by atoms with Gasteiger partial charge >= 0.3 is 0 Å². The van der Waals surface area contributed by atoms with Crippen molar-refractivity contribution >= 4 is 45.9 Å². The molecule has 0 aliphatic rings. The summed E-state index contributed by atoms with van der Waals surface area (Å²) in [4.78, 5) is 2.23. The van der Waals surface area contributed by atoms with Gasteiger partial charge in [-0.25, -0.2) is 0 Å². The number of anilines is 3. The van der Waals surface area contributed by atoms with Gasteiger partial charge < -0.3 is 9.32 Å². The topological polar surface area (TPSA) is 42.2 Å². The van der Waals surface area contributed by atoms with Gasteiger partial charge in [0.1, 0.15) is 0 Å². The Kier molecular flexibility index (Phi) is 8.24. The van der Waals surface area contributed by atoms with Crippen LogP contribution in [-0.2, 0) is 0 Å². The van der Waals surface area contributed by atoms with E-state index in [0.717, 1.165) is 28.2 Å². The van der Waals surface area contributed by atoms with Crippen LogP contribution in [0.5, 0.6) is 0 Å². The second-order valence-corrected chi connectivity index (χ2v) is 15.7. The molecule has 0 aliphatic carbocycles. The molecule has 49 heavy (non-hydrogen) atoms. The van der Waals surface area contributed by atoms with Crippen LogP contribution in [0.3, 0.4) is 0 Å². The lowest BCUT2D eigenvalue weighted by molar-refractivity contribution is 0.584. The molecule has 0 radical (unpaired) electrons. The molecular formula is C44H33N3OSi. The van der Waals surface area contributed by atoms with E-state index in [1.165, 1.54) is 20.7 Å². The fraction of sp³-hybridized carbons (Fsp3) is 0. The van der Waals surface area contributed by atoms with Crippen molar-refractivity contribution in [2.75, 3.05) is 4.90 Å². The Morgan fingerprint density at radius 3 is 1.02 bits per heavy atom. The van der Waals surface area contributed by atoms with Crippen molar-refractivity contribution in [3.8, 4) is 22.9 Å². The third-order valence-electron chi connectivity index (χ3n) is 9.01. The first-order chi connectivity index (χ1) is 24.3. The number of hydrogen-bond acceptors (Lipinski definition) is 4. The van der Waals surface area contributed by atoms with E-state index >= 15 is 0 Å². The number of nitrogens with zero attached hydrogens (tertiary/aromatic N) is 3. The molecule has 8 aromatic rings. The van der Waals surface area contributed by atoms with Crippen LogP contribution in [0.15, 0.2) is 205 Å². The molecule has 0 spiro atoms. The third kappa shape index (κ3) is 5.77. The molecule has 0 N–H and O–H groups in total. The van der Waals surface area contributed by atoms with Crippen LogP contribution >= 0.6 is 0 Å². The number of rotatable bonds is 9. The van der Waals surface area contributed by atoms with Gasteiger partial charge in [0, 0.05) is 28.2 Å². The summed E-state index contributed by atoms with van der Waals surface area (Å²) in [6.07, 6.45) is 0. The van der Waals surface area contributed by atoms with Crippen molar-refractivity contribution in [2.24, 2.45) is 0 Å². The van der Waals surface area contributed by atoms with Crippen molar-refractivity contribution in [3.05, 3.63) is 200 Å². The van der Waals surface area contributed by atoms with E-state index in [1.807, 2.05) is 24.3 Å². The van der Waals surface area contributed by atoms with Crippen molar-refractivity contribution in [1.82, 2.24) is 10.2 Å². The fourth-order valence-corrected chi connectivity index (χ4v) is 11.5. The predicted octanol–water partition coefficient (Wildman–Crippen LogP) is 8.25. The summed E-state index contributed by atoms with van der Waals surface area (Å²) >= 11 is 0. The maximum absolute atomic E-state index is 6.28. The Bertz CT molecular complexity index is 2110. The molecule has 234 valence electrons. The van der Waals surface area contributed by atoms with Gasteiger partial charge in [-0.15, -0.1) is 10.2 Å². The van der Waals surface area contributed by atoms with Crippen LogP contribution in [0.2, 0.25) is 0 Å². The second-order valence-electron chi connectivity index (χ2n) is 11.9. The molecule has 7 aromatic carbocycles. The zero-order valence-corrected chi connectivity index (χ0v) is 27.8. The van der Waals surface area contributed by atoms with Gasteiger partial charge in [-0.05, 0) is 81.4 Å². The van der Waals surface area contributed by atoms with Crippen LogP contribution in [0, 0.1) is 0 Å². The first-order valence-corrected chi connectivity index (χ1v) is 18.4. The second kappa shape index (κ2) is 13.4. The summed E-state index contributed by atoms with van der Waals surface area (Å²) in [5.74, 6) is 0.977. The Morgan fingerprint density at radius 2 is 0.633 bits per heavy atom. The molecule has 1 aromatic heterocycles. The molecule has 4 nitrogen and oxygen atoms in total. The van der Waals surface area contributed by atoms with Gasteiger partial charge in [-0.3, -0.25) is 0 Å². The Balaban J connectivity index is 1.13. The van der Waals surface area contributed by atoms with Crippen molar-refractivity contribution in [2.45, 2.75) is 0 Å². The molecule has 0 aliphatic heterocycles. The maximum atomic E-state index is 6.28. The van der Waals surface area contributed by atoms with E-state index in [0.29, 0.717) is 11.8 Å². The highest BCUT2D eigenvalue weighted by atomic mass is 28.3. The summed E-state index contributed by atoms with van der Waals surface area (Å²) in [6, 6.07) is 70.5. The Morgan fingerprint density at radius 1 is 0.327 bits per heavy atom. The minimum atomic E-state index is -2.61. The smallest absolute Gasteiger partial charge is 0.248 e. The van der Waals surface area contributed by atoms with E-state index in [4.69, 9.17) is 4.42 Å². The lowest BCUT2D eigenvalue weighted by Gasteiger charge is -2.34. The summed E-state index contributed by atoms with van der Waals surface area (Å²) in [5, 5.41) is 14.2. The van der Waals surface area contributed by atoms with E-state index in [1.54, 1.807) is 0 Å². The summed E-state index contributed by atoms with van der Waals surface area (Å²) in [6.45, 7) is 0. The van der Waals surface area contributed by atoms with Crippen LogP contribution in [-0.4, -0.2) is 18.3 Å². The molecule has 0 saturated heterocycles. The summed E-state index contributed by atoms with van der Waals surface area (Å²) < 4.78 is 6.28. The Hall–Kier alpha value is -6.30. The minimum absolute atomic E-state index is 0.484. The van der Waals surface area contributed by atoms with Gasteiger partial charge in [0.25, 0.3) is 0 Å². The van der Waals surface area contributed by atoms with Crippen molar-refractivity contribution < 1.29 is 4.42 Å². The molecule has 0 bridgehead atoms. The summed E-state index contributed by atoms with van der Waals surface area (Å²) in [5.41, 5.74) is 4.96. The highest BCUT2D eigenvalue weighted by Crippen LogP contribution is 2.35. The monoisotopic (exact) mass is 647 g/mol. The van der Waals surface area contributed by atoms with Crippen LogP contribution in [0.25, 0.3) is 22.9 Å². The summed E-state index contributed by atoms with van der Waals surface area (Å²) in [7, 11) is -2.61. The van der Waals surface area contributed by atoms with Crippen molar-refractivity contribution in [1.29, 1.82) is 0 Å². The van der Waals surface area contributed by atoms with E-state index in [9.17, 15) is 0 Å². The zero-order valence-electron chi connectivity index (χ0n) is 26.8. The van der Waals surface area contributed by atoms with Gasteiger partial charge in [0.05, 0.1) is 0 Å². The van der Waals surface area contributed by atoms with Gasteiger partial charge in [-0.1, -0.05) is 140 Å². The lowest BCUT2D eigenvalue weighted by Crippen LogP contribution is -2.74. The standard InChI is InChI=1S/C44H33N3OSi/c1-6-16-36(17-7-1)47(37-18-8-2-9-19-37)38-30-26-34(27-31-38)43-45-46-44(48-43)35-28-32-42(33-29-35)49(39-20-10-3-11-21-39,40-22-12-4-13-23-40)41-24-14-5-15-25-41/h1-33H. The molecule has 0 fully saturated rings. The quantitative estimate of drug-likeness (QED) is 0.117.